The van der Waals surface area contributed by atoms with E-state index in [-0.39, 0.29) is 5.56 Å². The van der Waals surface area contributed by atoms with Crippen LogP contribution < -0.4 is 16.2 Å². The second kappa shape index (κ2) is 7.92. The number of rotatable bonds is 6. The maximum absolute atomic E-state index is 13.0. The zero-order valence-corrected chi connectivity index (χ0v) is 15.7. The van der Waals surface area contributed by atoms with Crippen molar-refractivity contribution >= 4 is 16.6 Å². The molecule has 4 rings (SSSR count). The maximum atomic E-state index is 13.0. The molecule has 1 aromatic heterocycles. The number of nitrogens with zero attached hydrogens (tertiary/aromatic N) is 2. The van der Waals surface area contributed by atoms with Gasteiger partial charge in [-0.2, -0.15) is 0 Å². The first-order valence-corrected chi connectivity index (χ1v) is 9.83. The molecule has 1 atom stereocenters. The van der Waals surface area contributed by atoms with E-state index in [1.807, 2.05) is 28.8 Å². The van der Waals surface area contributed by atoms with Gasteiger partial charge in [0.15, 0.2) is 0 Å². The summed E-state index contributed by atoms with van der Waals surface area (Å²) in [6.07, 6.45) is 3.14. The van der Waals surface area contributed by atoms with Crippen molar-refractivity contribution in [3.05, 3.63) is 58.9 Å². The van der Waals surface area contributed by atoms with Gasteiger partial charge in [-0.05, 0) is 55.8 Å². The topological polar surface area (TPSA) is 59.0 Å². The fraction of sp³-hybridized carbons (Fsp3) is 0.364. The molecule has 0 spiro atoms. The Morgan fingerprint density at radius 2 is 2.00 bits per heavy atom. The molecule has 140 valence electrons. The van der Waals surface area contributed by atoms with Gasteiger partial charge in [-0.1, -0.05) is 25.5 Å². The standard InChI is InChI=1S/C22H26N4O/c1-2-3-14-26-21(25-20-7-5-4-6-19(20)22(26)27)16-8-10-17(11-9-16)24-18-12-13-23-15-18/h4-11,18,23-24H,2-3,12-15H2,1H3. The Labute approximate surface area is 159 Å². The van der Waals surface area contributed by atoms with E-state index in [0.29, 0.717) is 18.0 Å². The third-order valence-electron chi connectivity index (χ3n) is 5.17. The minimum absolute atomic E-state index is 0.0447. The third-order valence-corrected chi connectivity index (χ3v) is 5.17. The number of fused-ring (bicyclic) bond motifs is 1. The highest BCUT2D eigenvalue weighted by Crippen LogP contribution is 2.22. The van der Waals surface area contributed by atoms with Crippen LogP contribution in [0.15, 0.2) is 53.3 Å². The smallest absolute Gasteiger partial charge is 0.261 e. The number of aromatic nitrogens is 2. The largest absolute Gasteiger partial charge is 0.381 e. The van der Waals surface area contributed by atoms with Crippen LogP contribution in [0.4, 0.5) is 5.69 Å². The molecule has 27 heavy (non-hydrogen) atoms. The lowest BCUT2D eigenvalue weighted by molar-refractivity contribution is 0.615. The van der Waals surface area contributed by atoms with E-state index >= 15 is 0 Å². The van der Waals surface area contributed by atoms with E-state index in [4.69, 9.17) is 4.98 Å². The number of nitrogens with one attached hydrogen (secondary N) is 2. The normalized spacial score (nSPS) is 16.7. The summed E-state index contributed by atoms with van der Waals surface area (Å²) < 4.78 is 1.83. The SMILES string of the molecule is CCCCn1c(-c2ccc(NC3CCNC3)cc2)nc2ccccc2c1=O. The van der Waals surface area contributed by atoms with Crippen molar-refractivity contribution in [1.82, 2.24) is 14.9 Å². The highest BCUT2D eigenvalue weighted by Gasteiger charge is 2.15. The highest BCUT2D eigenvalue weighted by atomic mass is 16.1. The first kappa shape index (κ1) is 17.7. The second-order valence-electron chi connectivity index (χ2n) is 7.17. The van der Waals surface area contributed by atoms with Crippen molar-refractivity contribution < 1.29 is 0 Å². The van der Waals surface area contributed by atoms with Gasteiger partial charge in [0.1, 0.15) is 5.82 Å². The summed E-state index contributed by atoms with van der Waals surface area (Å²) in [4.78, 5) is 17.9. The predicted molar refractivity (Wildman–Crippen MR) is 111 cm³/mol. The van der Waals surface area contributed by atoms with Gasteiger partial charge in [-0.3, -0.25) is 9.36 Å². The molecule has 5 nitrogen and oxygen atoms in total. The van der Waals surface area contributed by atoms with Gasteiger partial charge in [0, 0.05) is 30.4 Å². The van der Waals surface area contributed by atoms with Gasteiger partial charge >= 0.3 is 0 Å². The van der Waals surface area contributed by atoms with Gasteiger partial charge in [0.2, 0.25) is 0 Å². The Morgan fingerprint density at radius 3 is 2.74 bits per heavy atom. The Kier molecular flexibility index (Phi) is 5.21. The van der Waals surface area contributed by atoms with E-state index in [1.165, 1.54) is 0 Å². The van der Waals surface area contributed by atoms with Crippen LogP contribution in [0, 0.1) is 0 Å². The van der Waals surface area contributed by atoms with E-state index in [1.54, 1.807) is 0 Å². The minimum atomic E-state index is 0.0447. The molecule has 1 saturated heterocycles. The van der Waals surface area contributed by atoms with Crippen LogP contribution >= 0.6 is 0 Å². The summed E-state index contributed by atoms with van der Waals surface area (Å²) >= 11 is 0. The lowest BCUT2D eigenvalue weighted by Gasteiger charge is -2.15. The van der Waals surface area contributed by atoms with E-state index < -0.39 is 0 Å². The van der Waals surface area contributed by atoms with E-state index in [2.05, 4.69) is 41.8 Å². The first-order chi connectivity index (χ1) is 13.3. The van der Waals surface area contributed by atoms with Gasteiger partial charge < -0.3 is 10.6 Å². The van der Waals surface area contributed by atoms with Gasteiger partial charge in [-0.25, -0.2) is 4.98 Å². The number of unbranched alkanes of at least 4 members (excludes halogenated alkanes) is 1. The number of benzene rings is 2. The summed E-state index contributed by atoms with van der Waals surface area (Å²) in [6.45, 7) is 4.90. The molecule has 0 saturated carbocycles. The van der Waals surface area contributed by atoms with E-state index in [9.17, 15) is 4.79 Å². The molecule has 2 N–H and O–H groups in total. The summed E-state index contributed by atoms with van der Waals surface area (Å²) in [5.74, 6) is 0.751. The average molecular weight is 362 g/mol. The lowest BCUT2D eigenvalue weighted by Crippen LogP contribution is -2.23. The van der Waals surface area contributed by atoms with Crippen LogP contribution in [-0.4, -0.2) is 28.7 Å². The summed E-state index contributed by atoms with van der Waals surface area (Å²) in [5, 5.41) is 7.61. The van der Waals surface area contributed by atoms with Crippen molar-refractivity contribution in [2.75, 3.05) is 18.4 Å². The van der Waals surface area contributed by atoms with Crippen LogP contribution in [-0.2, 0) is 6.54 Å². The van der Waals surface area contributed by atoms with E-state index in [0.717, 1.165) is 54.9 Å². The summed E-state index contributed by atoms with van der Waals surface area (Å²) in [5.41, 5.74) is 2.88. The fourth-order valence-electron chi connectivity index (χ4n) is 3.64. The maximum Gasteiger partial charge on any atom is 0.261 e. The molecule has 3 aromatic rings. The quantitative estimate of drug-likeness (QED) is 0.703. The number of hydrogen-bond acceptors (Lipinski definition) is 4. The molecular weight excluding hydrogens is 336 g/mol. The molecule has 0 radical (unpaired) electrons. The molecule has 5 heteroatoms. The minimum Gasteiger partial charge on any atom is -0.381 e. The Balaban J connectivity index is 1.71. The molecule has 1 aliphatic heterocycles. The van der Waals surface area contributed by atoms with Crippen molar-refractivity contribution in [1.29, 1.82) is 0 Å². The number of hydrogen-bond donors (Lipinski definition) is 2. The van der Waals surface area contributed by atoms with Crippen LogP contribution in [0.2, 0.25) is 0 Å². The fourth-order valence-corrected chi connectivity index (χ4v) is 3.64. The van der Waals surface area contributed by atoms with Gasteiger partial charge in [0.05, 0.1) is 10.9 Å². The summed E-state index contributed by atoms with van der Waals surface area (Å²) in [7, 11) is 0. The van der Waals surface area contributed by atoms with Crippen molar-refractivity contribution in [2.24, 2.45) is 0 Å². The molecule has 1 unspecified atom stereocenters. The molecule has 0 amide bonds. The molecule has 1 aliphatic rings. The summed E-state index contributed by atoms with van der Waals surface area (Å²) in [6, 6.07) is 16.4. The lowest BCUT2D eigenvalue weighted by atomic mass is 10.1. The Bertz CT molecular complexity index is 972. The van der Waals surface area contributed by atoms with Crippen LogP contribution in [0.1, 0.15) is 26.2 Å². The molecule has 0 bridgehead atoms. The first-order valence-electron chi connectivity index (χ1n) is 9.83. The molecule has 0 aliphatic carbocycles. The molecule has 2 aromatic carbocycles. The van der Waals surface area contributed by atoms with Crippen LogP contribution in [0.3, 0.4) is 0 Å². The highest BCUT2D eigenvalue weighted by molar-refractivity contribution is 5.79. The zero-order chi connectivity index (χ0) is 18.6. The molecular formula is C22H26N4O. The molecule has 1 fully saturated rings. The predicted octanol–water partition coefficient (Wildman–Crippen LogP) is 3.64. The average Bonchev–Trinajstić information content (AvgIpc) is 3.21. The van der Waals surface area contributed by atoms with Crippen molar-refractivity contribution in [3.63, 3.8) is 0 Å². The number of para-hydroxylation sites is 1. The van der Waals surface area contributed by atoms with Crippen LogP contribution in [0.25, 0.3) is 22.3 Å². The van der Waals surface area contributed by atoms with Gasteiger partial charge in [0.25, 0.3) is 5.56 Å². The van der Waals surface area contributed by atoms with Crippen molar-refractivity contribution in [2.45, 2.75) is 38.8 Å². The number of anilines is 1. The third kappa shape index (κ3) is 3.74. The second-order valence-corrected chi connectivity index (χ2v) is 7.17. The molecule has 2 heterocycles. The van der Waals surface area contributed by atoms with Crippen LogP contribution in [0.5, 0.6) is 0 Å². The van der Waals surface area contributed by atoms with Gasteiger partial charge in [-0.15, -0.1) is 0 Å². The van der Waals surface area contributed by atoms with Crippen molar-refractivity contribution in [3.8, 4) is 11.4 Å². The monoisotopic (exact) mass is 362 g/mol. The zero-order valence-electron chi connectivity index (χ0n) is 15.7. The Hall–Kier alpha value is -2.66. The Morgan fingerprint density at radius 1 is 1.19 bits per heavy atom.